The summed E-state index contributed by atoms with van der Waals surface area (Å²) < 4.78 is 1.77. The van der Waals surface area contributed by atoms with Crippen molar-refractivity contribution < 1.29 is 4.79 Å². The molecule has 2 aromatic carbocycles. The molecule has 0 unspecified atom stereocenters. The van der Waals surface area contributed by atoms with Gasteiger partial charge in [0.25, 0.3) is 0 Å². The summed E-state index contributed by atoms with van der Waals surface area (Å²) in [4.78, 5) is 13.4. The Balaban J connectivity index is 1.03. The third kappa shape index (κ3) is 6.43. The number of carbonyl (C=O) groups excluding carboxylic acids is 1. The van der Waals surface area contributed by atoms with E-state index in [0.29, 0.717) is 38.3 Å². The Labute approximate surface area is 260 Å². The van der Waals surface area contributed by atoms with E-state index in [-0.39, 0.29) is 5.78 Å². The van der Waals surface area contributed by atoms with E-state index in [2.05, 4.69) is 0 Å². The standard InChI is InChI=1S/C35H41Cl3N2O/c1-23-33(39-40(31-14-13-29(37)19-30(31)38)34(23)27-9-11-28(36)12-10-27)32(41)8-6-4-2-3-5-7-15-35-20-24-16-25(21-35)18-26(17-24)22-35/h9-14,19,24-26H,2-8,15-18,20-22H2,1H3. The van der Waals surface area contributed by atoms with E-state index in [9.17, 15) is 4.79 Å². The quantitative estimate of drug-likeness (QED) is 0.151. The molecule has 3 nitrogen and oxygen atoms in total. The number of rotatable bonds is 12. The third-order valence-electron chi connectivity index (χ3n) is 10.2. The second-order valence-corrected chi connectivity index (χ2v) is 14.6. The molecule has 0 aliphatic heterocycles. The van der Waals surface area contributed by atoms with Crippen molar-refractivity contribution in [2.45, 2.75) is 96.8 Å². The SMILES string of the molecule is Cc1c(C(=O)CCCCCCCCC23CC4CC(CC(C4)C2)C3)nn(-c2ccc(Cl)cc2Cl)c1-c1ccc(Cl)cc1. The third-order valence-corrected chi connectivity index (χ3v) is 11.0. The summed E-state index contributed by atoms with van der Waals surface area (Å²) >= 11 is 18.9. The molecule has 0 N–H and O–H groups in total. The molecule has 4 bridgehead atoms. The molecule has 1 aromatic heterocycles. The lowest BCUT2D eigenvalue weighted by atomic mass is 9.48. The number of unbranched alkanes of at least 4 members (excludes halogenated alkanes) is 5. The molecule has 4 aliphatic rings. The highest BCUT2D eigenvalue weighted by molar-refractivity contribution is 6.35. The van der Waals surface area contributed by atoms with Crippen LogP contribution in [0.4, 0.5) is 0 Å². The summed E-state index contributed by atoms with van der Waals surface area (Å²) in [6.45, 7) is 1.97. The van der Waals surface area contributed by atoms with Crippen LogP contribution >= 0.6 is 34.8 Å². The van der Waals surface area contributed by atoms with Crippen LogP contribution in [0.2, 0.25) is 15.1 Å². The highest BCUT2D eigenvalue weighted by atomic mass is 35.5. The maximum absolute atomic E-state index is 13.4. The van der Waals surface area contributed by atoms with Gasteiger partial charge in [-0.1, -0.05) is 79.0 Å². The lowest BCUT2D eigenvalue weighted by Crippen LogP contribution is -2.45. The fraction of sp³-hybridized carbons (Fsp3) is 0.543. The van der Waals surface area contributed by atoms with Crippen molar-refractivity contribution in [1.29, 1.82) is 0 Å². The molecular weight excluding hydrogens is 571 g/mol. The molecule has 0 saturated heterocycles. The van der Waals surface area contributed by atoms with Crippen LogP contribution < -0.4 is 0 Å². The minimum Gasteiger partial charge on any atom is -0.292 e. The number of hydrogen-bond acceptors (Lipinski definition) is 2. The molecule has 218 valence electrons. The smallest absolute Gasteiger partial charge is 0.183 e. The van der Waals surface area contributed by atoms with E-state index in [1.54, 1.807) is 16.8 Å². The van der Waals surface area contributed by atoms with E-state index in [0.717, 1.165) is 47.4 Å². The van der Waals surface area contributed by atoms with Gasteiger partial charge in [-0.25, -0.2) is 4.68 Å². The number of hydrogen-bond donors (Lipinski definition) is 0. The molecule has 41 heavy (non-hydrogen) atoms. The van der Waals surface area contributed by atoms with E-state index in [1.165, 1.54) is 70.6 Å². The normalized spacial score (nSPS) is 24.7. The molecule has 4 fully saturated rings. The van der Waals surface area contributed by atoms with Crippen LogP contribution in [-0.2, 0) is 0 Å². The summed E-state index contributed by atoms with van der Waals surface area (Å²) in [6, 6.07) is 12.9. The van der Waals surface area contributed by atoms with Crippen molar-refractivity contribution in [1.82, 2.24) is 9.78 Å². The van der Waals surface area contributed by atoms with E-state index in [4.69, 9.17) is 39.9 Å². The largest absolute Gasteiger partial charge is 0.292 e. The van der Waals surface area contributed by atoms with Crippen LogP contribution in [0, 0.1) is 30.1 Å². The summed E-state index contributed by atoms with van der Waals surface area (Å²) in [5.74, 6) is 3.25. The van der Waals surface area contributed by atoms with Crippen LogP contribution in [0.5, 0.6) is 0 Å². The van der Waals surface area contributed by atoms with Crippen LogP contribution in [0.1, 0.15) is 106 Å². The Bertz CT molecular complexity index is 1360. The summed E-state index contributed by atoms with van der Waals surface area (Å²) in [6.07, 6.45) is 18.4. The number of carbonyl (C=O) groups is 1. The van der Waals surface area contributed by atoms with Crippen LogP contribution in [0.15, 0.2) is 42.5 Å². The number of ketones is 1. The average Bonchev–Trinajstić information content (AvgIpc) is 3.26. The molecule has 0 radical (unpaired) electrons. The molecule has 0 spiro atoms. The first-order valence-electron chi connectivity index (χ1n) is 15.6. The van der Waals surface area contributed by atoms with Crippen molar-refractivity contribution >= 4 is 40.6 Å². The maximum atomic E-state index is 13.4. The van der Waals surface area contributed by atoms with Gasteiger partial charge in [0.1, 0.15) is 5.69 Å². The second kappa shape index (κ2) is 12.4. The van der Waals surface area contributed by atoms with Crippen LogP contribution in [0.3, 0.4) is 0 Å². The van der Waals surface area contributed by atoms with Gasteiger partial charge in [-0.05, 0) is 112 Å². The fourth-order valence-corrected chi connectivity index (χ4v) is 9.36. The van der Waals surface area contributed by atoms with Gasteiger partial charge in [0.05, 0.1) is 16.4 Å². The van der Waals surface area contributed by atoms with Gasteiger partial charge >= 0.3 is 0 Å². The van der Waals surface area contributed by atoms with Crippen LogP contribution in [-0.4, -0.2) is 15.6 Å². The van der Waals surface area contributed by atoms with Crippen LogP contribution in [0.25, 0.3) is 16.9 Å². The average molecular weight is 612 g/mol. The summed E-state index contributed by atoms with van der Waals surface area (Å²) in [5, 5.41) is 6.49. The van der Waals surface area contributed by atoms with E-state index < -0.39 is 0 Å². The molecule has 7 rings (SSSR count). The van der Waals surface area contributed by atoms with Gasteiger partial charge in [-0.3, -0.25) is 4.79 Å². The number of halogens is 3. The fourth-order valence-electron chi connectivity index (χ4n) is 8.74. The molecule has 0 atom stereocenters. The van der Waals surface area contributed by atoms with Gasteiger partial charge in [0.15, 0.2) is 5.78 Å². The molecular formula is C35H41Cl3N2O. The van der Waals surface area contributed by atoms with Gasteiger partial charge in [-0.2, -0.15) is 5.10 Å². The molecule has 4 aliphatic carbocycles. The topological polar surface area (TPSA) is 34.9 Å². The van der Waals surface area contributed by atoms with Crippen molar-refractivity contribution in [3.05, 3.63) is 68.8 Å². The second-order valence-electron chi connectivity index (χ2n) is 13.3. The van der Waals surface area contributed by atoms with Gasteiger partial charge < -0.3 is 0 Å². The number of nitrogens with zero attached hydrogens (tertiary/aromatic N) is 2. The van der Waals surface area contributed by atoms with Gasteiger partial charge in [0.2, 0.25) is 0 Å². The molecule has 3 aromatic rings. The van der Waals surface area contributed by atoms with Gasteiger partial charge in [0, 0.05) is 27.6 Å². The van der Waals surface area contributed by atoms with Crippen molar-refractivity contribution in [2.75, 3.05) is 0 Å². The Morgan fingerprint density at radius 1 is 0.829 bits per heavy atom. The highest BCUT2D eigenvalue weighted by Crippen LogP contribution is 2.61. The first kappa shape index (κ1) is 29.3. The lowest BCUT2D eigenvalue weighted by molar-refractivity contribution is -0.0583. The molecule has 4 saturated carbocycles. The Morgan fingerprint density at radius 2 is 1.41 bits per heavy atom. The number of Topliss-reactive ketones (excluding diaryl/α,β-unsaturated/α-hetero) is 1. The van der Waals surface area contributed by atoms with E-state index in [1.807, 2.05) is 37.3 Å². The predicted octanol–water partition coefficient (Wildman–Crippen LogP) is 11.3. The predicted molar refractivity (Wildman–Crippen MR) is 171 cm³/mol. The lowest BCUT2D eigenvalue weighted by Gasteiger charge is -2.57. The monoisotopic (exact) mass is 610 g/mol. The first-order valence-corrected chi connectivity index (χ1v) is 16.8. The minimum absolute atomic E-state index is 0.0864. The molecule has 6 heteroatoms. The van der Waals surface area contributed by atoms with Crippen molar-refractivity contribution in [3.63, 3.8) is 0 Å². The van der Waals surface area contributed by atoms with Crippen molar-refractivity contribution in [3.8, 4) is 16.9 Å². The zero-order valence-corrected chi connectivity index (χ0v) is 26.4. The maximum Gasteiger partial charge on any atom is 0.183 e. The summed E-state index contributed by atoms with van der Waals surface area (Å²) in [5.41, 5.74) is 4.54. The highest BCUT2D eigenvalue weighted by Gasteiger charge is 2.50. The first-order chi connectivity index (χ1) is 19.8. The van der Waals surface area contributed by atoms with E-state index >= 15 is 0 Å². The van der Waals surface area contributed by atoms with Gasteiger partial charge in [-0.15, -0.1) is 0 Å². The zero-order chi connectivity index (χ0) is 28.6. The number of aromatic nitrogens is 2. The zero-order valence-electron chi connectivity index (χ0n) is 24.1. The Hall–Kier alpha value is -1.81. The molecule has 0 amide bonds. The minimum atomic E-state index is 0.0864. The van der Waals surface area contributed by atoms with Crippen molar-refractivity contribution in [2.24, 2.45) is 23.2 Å². The Kier molecular flexibility index (Phi) is 8.87. The summed E-state index contributed by atoms with van der Waals surface area (Å²) in [7, 11) is 0. The molecule has 1 heterocycles. The Morgan fingerprint density at radius 3 is 2.05 bits per heavy atom. The number of benzene rings is 2.